The minimum absolute atomic E-state index is 0.0719. The first-order valence-electron chi connectivity index (χ1n) is 5.93. The Morgan fingerprint density at radius 3 is 3.00 bits per heavy atom. The molecule has 0 saturated heterocycles. The van der Waals surface area contributed by atoms with Crippen LogP contribution in [0.3, 0.4) is 0 Å². The molecule has 0 aliphatic rings. The van der Waals surface area contributed by atoms with E-state index in [4.69, 9.17) is 16.3 Å². The second kappa shape index (κ2) is 5.26. The number of hydrogen-bond donors (Lipinski definition) is 2. The van der Waals surface area contributed by atoms with Gasteiger partial charge in [-0.3, -0.25) is 5.10 Å². The summed E-state index contributed by atoms with van der Waals surface area (Å²) in [6.07, 6.45) is 1.58. The number of nitriles is 1. The van der Waals surface area contributed by atoms with Gasteiger partial charge in [0.05, 0.1) is 24.3 Å². The zero-order valence-corrected chi connectivity index (χ0v) is 11.6. The number of anilines is 2. The number of nitrogens with zero attached hydrogens (tertiary/aromatic N) is 4. The number of H-pyrrole nitrogens is 1. The van der Waals surface area contributed by atoms with Gasteiger partial charge < -0.3 is 10.1 Å². The average Bonchev–Trinajstić information content (AvgIpc) is 2.95. The third-order valence-electron chi connectivity index (χ3n) is 2.89. The van der Waals surface area contributed by atoms with Crippen LogP contribution in [0.5, 0.6) is 5.75 Å². The maximum absolute atomic E-state index is 9.22. The van der Waals surface area contributed by atoms with Gasteiger partial charge in [0, 0.05) is 0 Å². The van der Waals surface area contributed by atoms with Gasteiger partial charge in [-0.05, 0) is 23.7 Å². The highest BCUT2D eigenvalue weighted by Gasteiger charge is 2.14. The van der Waals surface area contributed by atoms with E-state index in [2.05, 4.69) is 31.6 Å². The standard InChI is InChI=1S/C13H9ClN6O/c1-21-9-4-2-3-7(5-15)10(9)17-11-8-6-16-20-12(8)19-13(14)18-11/h2-4,6H,1H3,(H2,16,17,18,19,20). The minimum Gasteiger partial charge on any atom is -0.495 e. The number of methoxy groups -OCH3 is 1. The Labute approximate surface area is 124 Å². The Morgan fingerprint density at radius 1 is 1.38 bits per heavy atom. The molecule has 104 valence electrons. The normalized spacial score (nSPS) is 10.3. The van der Waals surface area contributed by atoms with E-state index in [0.717, 1.165) is 0 Å². The van der Waals surface area contributed by atoms with E-state index in [0.29, 0.717) is 33.9 Å². The molecule has 3 aromatic rings. The third-order valence-corrected chi connectivity index (χ3v) is 3.06. The van der Waals surface area contributed by atoms with Crippen molar-refractivity contribution in [2.45, 2.75) is 0 Å². The van der Waals surface area contributed by atoms with Crippen LogP contribution in [0.15, 0.2) is 24.4 Å². The fourth-order valence-electron chi connectivity index (χ4n) is 1.94. The third kappa shape index (κ3) is 2.32. The predicted molar refractivity (Wildman–Crippen MR) is 77.7 cm³/mol. The fourth-order valence-corrected chi connectivity index (χ4v) is 2.11. The zero-order chi connectivity index (χ0) is 14.8. The number of benzene rings is 1. The lowest BCUT2D eigenvalue weighted by atomic mass is 10.1. The number of halogens is 1. The highest BCUT2D eigenvalue weighted by Crippen LogP contribution is 2.32. The number of nitrogens with one attached hydrogen (secondary N) is 2. The molecule has 0 atom stereocenters. The lowest BCUT2D eigenvalue weighted by molar-refractivity contribution is 0.416. The lowest BCUT2D eigenvalue weighted by Gasteiger charge is -2.12. The van der Waals surface area contributed by atoms with Crippen LogP contribution in [-0.2, 0) is 0 Å². The summed E-state index contributed by atoms with van der Waals surface area (Å²) in [5.41, 5.74) is 1.45. The number of hydrogen-bond acceptors (Lipinski definition) is 6. The Kier molecular flexibility index (Phi) is 3.30. The molecule has 7 nitrogen and oxygen atoms in total. The van der Waals surface area contributed by atoms with Crippen molar-refractivity contribution in [2.75, 3.05) is 12.4 Å². The van der Waals surface area contributed by atoms with Crippen LogP contribution in [0.1, 0.15) is 5.56 Å². The summed E-state index contributed by atoms with van der Waals surface area (Å²) in [4.78, 5) is 8.16. The van der Waals surface area contributed by atoms with Crippen molar-refractivity contribution in [1.29, 1.82) is 5.26 Å². The lowest BCUT2D eigenvalue weighted by Crippen LogP contribution is -2.01. The second-order valence-corrected chi connectivity index (χ2v) is 4.43. The zero-order valence-electron chi connectivity index (χ0n) is 10.9. The SMILES string of the molecule is COc1cccc(C#N)c1Nc1nc(Cl)nc2[nH]ncc12. The van der Waals surface area contributed by atoms with E-state index in [-0.39, 0.29) is 5.28 Å². The van der Waals surface area contributed by atoms with Crippen LogP contribution in [0, 0.1) is 11.3 Å². The molecule has 8 heteroatoms. The largest absolute Gasteiger partial charge is 0.495 e. The van der Waals surface area contributed by atoms with Crippen LogP contribution in [0.4, 0.5) is 11.5 Å². The second-order valence-electron chi connectivity index (χ2n) is 4.09. The maximum Gasteiger partial charge on any atom is 0.226 e. The molecule has 0 aliphatic heterocycles. The summed E-state index contributed by atoms with van der Waals surface area (Å²) in [5, 5.41) is 19.7. The van der Waals surface area contributed by atoms with Crippen molar-refractivity contribution >= 4 is 34.1 Å². The van der Waals surface area contributed by atoms with E-state index in [1.807, 2.05) is 0 Å². The molecule has 3 rings (SSSR count). The quantitative estimate of drug-likeness (QED) is 0.721. The molecular formula is C13H9ClN6O. The molecule has 0 fully saturated rings. The number of ether oxygens (including phenoxy) is 1. The first-order valence-corrected chi connectivity index (χ1v) is 6.31. The van der Waals surface area contributed by atoms with Crippen LogP contribution >= 0.6 is 11.6 Å². The van der Waals surface area contributed by atoms with E-state index in [9.17, 15) is 5.26 Å². The molecule has 2 heterocycles. The van der Waals surface area contributed by atoms with E-state index >= 15 is 0 Å². The number of aromatic amines is 1. The summed E-state index contributed by atoms with van der Waals surface area (Å²) in [6.45, 7) is 0. The van der Waals surface area contributed by atoms with Gasteiger partial charge in [-0.15, -0.1) is 0 Å². The Hall–Kier alpha value is -2.85. The first kappa shape index (κ1) is 13.1. The van der Waals surface area contributed by atoms with Gasteiger partial charge in [0.25, 0.3) is 0 Å². The van der Waals surface area contributed by atoms with Crippen LogP contribution in [0.2, 0.25) is 5.28 Å². The first-order chi connectivity index (χ1) is 10.2. The number of rotatable bonds is 3. The van der Waals surface area contributed by atoms with Crippen LogP contribution < -0.4 is 10.1 Å². The maximum atomic E-state index is 9.22. The molecule has 0 saturated carbocycles. The molecule has 2 N–H and O–H groups in total. The fraction of sp³-hybridized carbons (Fsp3) is 0.0769. The average molecular weight is 301 g/mol. The summed E-state index contributed by atoms with van der Waals surface area (Å²) < 4.78 is 5.27. The monoisotopic (exact) mass is 300 g/mol. The predicted octanol–water partition coefficient (Wildman–Crippen LogP) is 2.63. The van der Waals surface area contributed by atoms with Gasteiger partial charge in [-0.25, -0.2) is 0 Å². The van der Waals surface area contributed by atoms with Gasteiger partial charge in [0.2, 0.25) is 5.28 Å². The van der Waals surface area contributed by atoms with Crippen molar-refractivity contribution in [2.24, 2.45) is 0 Å². The van der Waals surface area contributed by atoms with Gasteiger partial charge in [0.1, 0.15) is 23.3 Å². The number of para-hydroxylation sites is 1. The molecule has 0 aliphatic carbocycles. The number of fused-ring (bicyclic) bond motifs is 1. The van der Waals surface area contributed by atoms with Crippen molar-refractivity contribution in [1.82, 2.24) is 20.2 Å². The Morgan fingerprint density at radius 2 is 2.24 bits per heavy atom. The van der Waals surface area contributed by atoms with Crippen molar-refractivity contribution in [3.8, 4) is 11.8 Å². The molecular weight excluding hydrogens is 292 g/mol. The topological polar surface area (TPSA) is 99.5 Å². The highest BCUT2D eigenvalue weighted by molar-refractivity contribution is 6.28. The molecule has 0 bridgehead atoms. The molecule has 0 radical (unpaired) electrons. The van der Waals surface area contributed by atoms with Crippen LogP contribution in [-0.4, -0.2) is 27.3 Å². The van der Waals surface area contributed by atoms with Gasteiger partial charge in [-0.2, -0.15) is 20.3 Å². The minimum atomic E-state index is 0.0719. The Balaban J connectivity index is 2.15. The smallest absolute Gasteiger partial charge is 0.226 e. The highest BCUT2D eigenvalue weighted by atomic mass is 35.5. The van der Waals surface area contributed by atoms with Crippen molar-refractivity contribution < 1.29 is 4.74 Å². The van der Waals surface area contributed by atoms with E-state index in [1.54, 1.807) is 24.4 Å². The van der Waals surface area contributed by atoms with E-state index in [1.165, 1.54) is 7.11 Å². The molecule has 21 heavy (non-hydrogen) atoms. The van der Waals surface area contributed by atoms with Crippen LogP contribution in [0.25, 0.3) is 11.0 Å². The van der Waals surface area contributed by atoms with Crippen molar-refractivity contribution in [3.63, 3.8) is 0 Å². The molecule has 0 amide bonds. The van der Waals surface area contributed by atoms with Gasteiger partial charge in [-0.1, -0.05) is 6.07 Å². The molecule has 0 unspecified atom stereocenters. The summed E-state index contributed by atoms with van der Waals surface area (Å²) >= 11 is 5.89. The molecule has 1 aromatic carbocycles. The van der Waals surface area contributed by atoms with Crippen molar-refractivity contribution in [3.05, 3.63) is 35.2 Å². The molecule has 0 spiro atoms. The summed E-state index contributed by atoms with van der Waals surface area (Å²) in [5.74, 6) is 0.972. The Bertz CT molecular complexity index is 853. The number of aromatic nitrogens is 4. The molecule has 2 aromatic heterocycles. The van der Waals surface area contributed by atoms with E-state index < -0.39 is 0 Å². The summed E-state index contributed by atoms with van der Waals surface area (Å²) in [7, 11) is 1.53. The summed E-state index contributed by atoms with van der Waals surface area (Å²) in [6, 6.07) is 7.27. The van der Waals surface area contributed by atoms with Gasteiger partial charge in [0.15, 0.2) is 5.65 Å². The van der Waals surface area contributed by atoms with Gasteiger partial charge >= 0.3 is 0 Å².